The number of carbonyl (C=O) groups is 1. The van der Waals surface area contributed by atoms with Crippen molar-refractivity contribution in [3.8, 4) is 11.5 Å². The average Bonchev–Trinajstić information content (AvgIpc) is 3.22. The van der Waals surface area contributed by atoms with Gasteiger partial charge in [-0.3, -0.25) is 9.69 Å². The van der Waals surface area contributed by atoms with Crippen molar-refractivity contribution < 1.29 is 18.7 Å². The number of hydrogen-bond donors (Lipinski definition) is 2. The first kappa shape index (κ1) is 23.7. The molecule has 0 spiro atoms. The second kappa shape index (κ2) is 10.3. The third-order valence-corrected chi connectivity index (χ3v) is 7.42. The van der Waals surface area contributed by atoms with Crippen LogP contribution in [0.25, 0.3) is 10.9 Å². The fourth-order valence-electron chi connectivity index (χ4n) is 5.40. The van der Waals surface area contributed by atoms with Gasteiger partial charge in [0.2, 0.25) is 5.91 Å². The number of carbonyl (C=O) groups excluding carboxylic acids is 1. The number of nitrogens with zero attached hydrogens (tertiary/aromatic N) is 1. The van der Waals surface area contributed by atoms with Crippen LogP contribution in [0.2, 0.25) is 0 Å². The van der Waals surface area contributed by atoms with Crippen LogP contribution in [-0.2, 0) is 12.8 Å². The molecular weight excluding hydrogens is 445 g/mol. The van der Waals surface area contributed by atoms with E-state index in [4.69, 9.17) is 15.2 Å². The zero-order valence-electron chi connectivity index (χ0n) is 20.3. The molecule has 7 heteroatoms. The summed E-state index contributed by atoms with van der Waals surface area (Å²) in [5.74, 6) is 0.710. The first-order chi connectivity index (χ1) is 17.0. The fourth-order valence-corrected chi connectivity index (χ4v) is 5.40. The van der Waals surface area contributed by atoms with Crippen LogP contribution in [0.1, 0.15) is 60.5 Å². The van der Waals surface area contributed by atoms with Crippen molar-refractivity contribution in [1.29, 1.82) is 0 Å². The van der Waals surface area contributed by atoms with Crippen LogP contribution in [0.15, 0.2) is 36.5 Å². The van der Waals surface area contributed by atoms with Gasteiger partial charge in [0.15, 0.2) is 11.5 Å². The highest BCUT2D eigenvalue weighted by molar-refractivity contribution is 5.95. The maximum Gasteiger partial charge on any atom is 0.249 e. The first-order valence-electron chi connectivity index (χ1n) is 12.8. The Labute approximate surface area is 205 Å². The lowest BCUT2D eigenvalue weighted by Crippen LogP contribution is -2.51. The van der Waals surface area contributed by atoms with E-state index in [0.717, 1.165) is 47.8 Å². The second-order valence-corrected chi connectivity index (χ2v) is 9.73. The highest BCUT2D eigenvalue weighted by Gasteiger charge is 2.35. The molecule has 35 heavy (non-hydrogen) atoms. The van der Waals surface area contributed by atoms with Gasteiger partial charge in [-0.25, -0.2) is 4.39 Å². The largest absolute Gasteiger partial charge is 0.490 e. The SMILES string of the molecule is CCCOc1ccc(C(N)=O)c2c1OC[C@H](N(CCCc1c[nH]c3ccc(F)cc13)C1CCC1)C2. The van der Waals surface area contributed by atoms with Crippen LogP contribution in [0.3, 0.4) is 0 Å². The number of nitrogens with one attached hydrogen (secondary N) is 1. The number of ether oxygens (including phenoxy) is 2. The minimum absolute atomic E-state index is 0.174. The maximum absolute atomic E-state index is 13.8. The van der Waals surface area contributed by atoms with E-state index in [1.807, 2.05) is 6.20 Å². The van der Waals surface area contributed by atoms with Gasteiger partial charge < -0.3 is 20.2 Å². The number of aromatic nitrogens is 1. The second-order valence-electron chi connectivity index (χ2n) is 9.73. The lowest BCUT2D eigenvalue weighted by atomic mass is 9.87. The molecule has 0 unspecified atom stereocenters. The molecule has 186 valence electrons. The molecule has 5 rings (SSSR count). The summed E-state index contributed by atoms with van der Waals surface area (Å²) in [5.41, 5.74) is 9.21. The van der Waals surface area contributed by atoms with Crippen molar-refractivity contribution in [2.24, 2.45) is 5.73 Å². The highest BCUT2D eigenvalue weighted by Crippen LogP contribution is 2.40. The smallest absolute Gasteiger partial charge is 0.249 e. The summed E-state index contributed by atoms with van der Waals surface area (Å²) in [5, 5.41) is 0.959. The number of aromatic amines is 1. The van der Waals surface area contributed by atoms with Crippen molar-refractivity contribution in [3.05, 3.63) is 59.0 Å². The number of nitrogens with two attached hydrogens (primary N) is 1. The summed E-state index contributed by atoms with van der Waals surface area (Å²) in [6.07, 6.45) is 9.06. The third kappa shape index (κ3) is 4.87. The van der Waals surface area contributed by atoms with Gasteiger partial charge in [0.05, 0.1) is 6.61 Å². The van der Waals surface area contributed by atoms with Crippen molar-refractivity contribution in [1.82, 2.24) is 9.88 Å². The number of aryl methyl sites for hydroxylation is 1. The first-order valence-corrected chi connectivity index (χ1v) is 12.8. The van der Waals surface area contributed by atoms with E-state index in [9.17, 15) is 9.18 Å². The number of benzene rings is 2. The van der Waals surface area contributed by atoms with Crippen LogP contribution < -0.4 is 15.2 Å². The van der Waals surface area contributed by atoms with E-state index in [2.05, 4.69) is 16.8 Å². The number of hydrogen-bond acceptors (Lipinski definition) is 4. The van der Waals surface area contributed by atoms with Crippen molar-refractivity contribution in [2.75, 3.05) is 19.8 Å². The topological polar surface area (TPSA) is 80.6 Å². The standard InChI is InChI=1S/C28H34FN3O3/c1-2-13-34-26-11-9-22(28(30)33)24-15-21(17-35-27(24)26)32(20-6-3-7-20)12-4-5-18-16-31-25-10-8-19(29)14-23(18)25/h8-11,14,16,20-21,31H,2-7,12-13,15,17H2,1H3,(H2,30,33)/t21-/m1/s1. The van der Waals surface area contributed by atoms with Crippen molar-refractivity contribution >= 4 is 16.8 Å². The molecule has 3 N–H and O–H groups in total. The molecular formula is C28H34FN3O3. The summed E-state index contributed by atoms with van der Waals surface area (Å²) in [7, 11) is 0. The van der Waals surface area contributed by atoms with Gasteiger partial charge >= 0.3 is 0 Å². The monoisotopic (exact) mass is 479 g/mol. The van der Waals surface area contributed by atoms with E-state index in [-0.39, 0.29) is 11.9 Å². The van der Waals surface area contributed by atoms with Gasteiger partial charge in [0.25, 0.3) is 0 Å². The lowest BCUT2D eigenvalue weighted by Gasteiger charge is -2.44. The van der Waals surface area contributed by atoms with Crippen LogP contribution >= 0.6 is 0 Å². The van der Waals surface area contributed by atoms with Gasteiger partial charge in [-0.2, -0.15) is 0 Å². The minimum atomic E-state index is -0.436. The summed E-state index contributed by atoms with van der Waals surface area (Å²) < 4.78 is 25.9. The lowest BCUT2D eigenvalue weighted by molar-refractivity contribution is 0.0423. The summed E-state index contributed by atoms with van der Waals surface area (Å²) in [6.45, 7) is 4.14. The van der Waals surface area contributed by atoms with Crippen LogP contribution in [-0.4, -0.2) is 47.6 Å². The zero-order chi connectivity index (χ0) is 24.4. The third-order valence-electron chi connectivity index (χ3n) is 7.42. The molecule has 3 aromatic rings. The molecule has 1 atom stereocenters. The molecule has 0 bridgehead atoms. The molecule has 6 nitrogen and oxygen atoms in total. The van der Waals surface area contributed by atoms with Crippen LogP contribution in [0.4, 0.5) is 4.39 Å². The van der Waals surface area contributed by atoms with Crippen molar-refractivity contribution in [3.63, 3.8) is 0 Å². The maximum atomic E-state index is 13.8. The molecule has 2 aromatic carbocycles. The molecule has 1 amide bonds. The number of fused-ring (bicyclic) bond motifs is 2. The Hall–Kier alpha value is -3.06. The van der Waals surface area contributed by atoms with E-state index < -0.39 is 5.91 Å². The van der Waals surface area contributed by atoms with Gasteiger partial charge in [0, 0.05) is 40.3 Å². The molecule has 1 aromatic heterocycles. The number of H-pyrrole nitrogens is 1. The average molecular weight is 480 g/mol. The predicted octanol–water partition coefficient (Wildman–Crippen LogP) is 4.99. The van der Waals surface area contributed by atoms with Gasteiger partial charge in [-0.1, -0.05) is 13.3 Å². The number of halogens is 1. The molecule has 0 radical (unpaired) electrons. The summed E-state index contributed by atoms with van der Waals surface area (Å²) in [6, 6.07) is 9.15. The minimum Gasteiger partial charge on any atom is -0.490 e. The van der Waals surface area contributed by atoms with Crippen LogP contribution in [0.5, 0.6) is 11.5 Å². The molecule has 2 aliphatic rings. The number of primary amides is 1. The normalized spacial score (nSPS) is 17.7. The predicted molar refractivity (Wildman–Crippen MR) is 135 cm³/mol. The fraction of sp³-hybridized carbons (Fsp3) is 0.464. The Morgan fingerprint density at radius 3 is 2.86 bits per heavy atom. The molecule has 0 saturated heterocycles. The van der Waals surface area contributed by atoms with Crippen LogP contribution in [0, 0.1) is 5.82 Å². The van der Waals surface area contributed by atoms with E-state index in [1.165, 1.54) is 25.3 Å². The Morgan fingerprint density at radius 1 is 1.26 bits per heavy atom. The van der Waals surface area contributed by atoms with E-state index in [0.29, 0.717) is 42.7 Å². The number of rotatable bonds is 10. The Morgan fingerprint density at radius 2 is 2.11 bits per heavy atom. The highest BCUT2D eigenvalue weighted by atomic mass is 19.1. The molecule has 1 aliphatic carbocycles. The zero-order valence-corrected chi connectivity index (χ0v) is 20.3. The van der Waals surface area contributed by atoms with Crippen molar-refractivity contribution in [2.45, 2.75) is 64.0 Å². The quantitative estimate of drug-likeness (QED) is 0.430. The van der Waals surface area contributed by atoms with Gasteiger partial charge in [0.1, 0.15) is 12.4 Å². The summed E-state index contributed by atoms with van der Waals surface area (Å²) in [4.78, 5) is 18.0. The number of amides is 1. The van der Waals surface area contributed by atoms with Gasteiger partial charge in [-0.15, -0.1) is 0 Å². The van der Waals surface area contributed by atoms with E-state index >= 15 is 0 Å². The molecule has 1 fully saturated rings. The Bertz CT molecular complexity index is 1200. The van der Waals surface area contributed by atoms with Gasteiger partial charge in [-0.05, 0) is 81.0 Å². The Balaban J connectivity index is 1.32. The molecule has 2 heterocycles. The Kier molecular flexibility index (Phi) is 6.95. The summed E-state index contributed by atoms with van der Waals surface area (Å²) >= 11 is 0. The molecule has 1 saturated carbocycles. The van der Waals surface area contributed by atoms with E-state index in [1.54, 1.807) is 24.3 Å². The molecule has 1 aliphatic heterocycles.